The van der Waals surface area contributed by atoms with E-state index >= 15 is 0 Å². The molecule has 1 saturated heterocycles. The summed E-state index contributed by atoms with van der Waals surface area (Å²) in [5, 5.41) is 9.03. The van der Waals surface area contributed by atoms with E-state index in [1.165, 1.54) is 4.90 Å². The van der Waals surface area contributed by atoms with Gasteiger partial charge in [-0.15, -0.1) is 0 Å². The van der Waals surface area contributed by atoms with Gasteiger partial charge in [-0.25, -0.2) is 0 Å². The summed E-state index contributed by atoms with van der Waals surface area (Å²) in [6.07, 6.45) is -4.70. The van der Waals surface area contributed by atoms with Crippen LogP contribution in [0.15, 0.2) is 0 Å². The molecule has 1 fully saturated rings. The molecule has 1 atom stereocenters. The van der Waals surface area contributed by atoms with Gasteiger partial charge in [0.2, 0.25) is 0 Å². The minimum Gasteiger partial charge on any atom is -0.379 e. The number of nitrogens with zero attached hydrogens (tertiary/aromatic N) is 1. The molecule has 1 aliphatic heterocycles. The summed E-state index contributed by atoms with van der Waals surface area (Å²) in [6.45, 7) is -0.00743. The largest absolute Gasteiger partial charge is 0.418 e. The Hall–Kier alpha value is -0.290. The van der Waals surface area contributed by atoms with Gasteiger partial charge in [0.05, 0.1) is 0 Å². The number of β-amino-alcohol motifs (C(OH)–C–C–N with tert-alkyl or cyclic N) is 1. The van der Waals surface area contributed by atoms with E-state index in [9.17, 15) is 13.2 Å². The van der Waals surface area contributed by atoms with E-state index in [4.69, 9.17) is 5.11 Å². The average Bonchev–Trinajstić information content (AvgIpc) is 2.10. The van der Waals surface area contributed by atoms with Crippen molar-refractivity contribution in [1.29, 1.82) is 0 Å². The number of hydrogen-bond acceptors (Lipinski definition) is 2. The quantitative estimate of drug-likeness (QED) is 0.574. The van der Waals surface area contributed by atoms with Crippen molar-refractivity contribution in [2.75, 3.05) is 20.1 Å². The van der Waals surface area contributed by atoms with E-state index in [1.54, 1.807) is 7.05 Å². The van der Waals surface area contributed by atoms with E-state index in [2.05, 4.69) is 0 Å². The molecule has 0 aromatic rings. The molecule has 1 aliphatic rings. The molecule has 0 radical (unpaired) electrons. The van der Waals surface area contributed by atoms with Gasteiger partial charge >= 0.3 is 6.18 Å². The van der Waals surface area contributed by atoms with Gasteiger partial charge in [0.15, 0.2) is 5.60 Å². The van der Waals surface area contributed by atoms with Crippen LogP contribution in [0.5, 0.6) is 0 Å². The minimum absolute atomic E-state index is 0.215. The third-order valence-corrected chi connectivity index (χ3v) is 1.97. The van der Waals surface area contributed by atoms with E-state index in [0.717, 1.165) is 0 Å². The van der Waals surface area contributed by atoms with E-state index in [0.29, 0.717) is 6.54 Å². The lowest BCUT2D eigenvalue weighted by Crippen LogP contribution is -2.46. The molecule has 5 heteroatoms. The minimum atomic E-state index is -4.49. The smallest absolute Gasteiger partial charge is 0.379 e. The van der Waals surface area contributed by atoms with Crippen LogP contribution in [0.4, 0.5) is 13.2 Å². The zero-order valence-electron chi connectivity index (χ0n) is 6.15. The van der Waals surface area contributed by atoms with Crippen molar-refractivity contribution < 1.29 is 18.3 Å². The summed E-state index contributed by atoms with van der Waals surface area (Å²) in [5.41, 5.74) is -2.47. The van der Waals surface area contributed by atoms with Gasteiger partial charge in [-0.05, 0) is 13.5 Å². The predicted octanol–water partition coefficient (Wildman–Crippen LogP) is 0.615. The van der Waals surface area contributed by atoms with E-state index < -0.39 is 11.8 Å². The fourth-order valence-electron chi connectivity index (χ4n) is 1.21. The second kappa shape index (κ2) is 2.35. The lowest BCUT2D eigenvalue weighted by Gasteiger charge is -2.25. The molecule has 11 heavy (non-hydrogen) atoms. The van der Waals surface area contributed by atoms with Crippen molar-refractivity contribution in [3.63, 3.8) is 0 Å². The standard InChI is InChI=1S/C6H10F3NO/c1-10-3-2-5(11,4-10)6(7,8)9/h11H,2-4H2,1H3/t5-/m1/s1. The predicted molar refractivity (Wildman–Crippen MR) is 33.1 cm³/mol. The van der Waals surface area contributed by atoms with Crippen molar-refractivity contribution in [2.45, 2.75) is 18.2 Å². The van der Waals surface area contributed by atoms with Crippen LogP contribution in [0.2, 0.25) is 0 Å². The molecule has 0 spiro atoms. The van der Waals surface area contributed by atoms with Gasteiger partial charge in [-0.2, -0.15) is 13.2 Å². The molecule has 66 valence electrons. The van der Waals surface area contributed by atoms with Crippen molar-refractivity contribution >= 4 is 0 Å². The first-order chi connectivity index (χ1) is 4.85. The zero-order valence-corrected chi connectivity index (χ0v) is 6.15. The third kappa shape index (κ3) is 1.49. The van der Waals surface area contributed by atoms with Crippen molar-refractivity contribution in [3.8, 4) is 0 Å². The maximum absolute atomic E-state index is 12.0. The SMILES string of the molecule is CN1CC[C@](O)(C(F)(F)F)C1. The molecule has 0 aliphatic carbocycles. The van der Waals surface area contributed by atoms with Gasteiger partial charge in [0.25, 0.3) is 0 Å². The number of hydrogen-bond donors (Lipinski definition) is 1. The second-order valence-corrected chi connectivity index (χ2v) is 3.02. The fraction of sp³-hybridized carbons (Fsp3) is 1.00. The van der Waals surface area contributed by atoms with Crippen LogP contribution < -0.4 is 0 Å². The Morgan fingerprint density at radius 3 is 2.18 bits per heavy atom. The van der Waals surface area contributed by atoms with Gasteiger partial charge < -0.3 is 10.0 Å². The van der Waals surface area contributed by atoms with Crippen LogP contribution in [-0.4, -0.2) is 41.9 Å². The Bertz CT molecular complexity index is 158. The summed E-state index contributed by atoms with van der Waals surface area (Å²) in [6, 6.07) is 0. The van der Waals surface area contributed by atoms with Crippen LogP contribution in [0, 0.1) is 0 Å². The van der Waals surface area contributed by atoms with Crippen LogP contribution in [0.1, 0.15) is 6.42 Å². The molecule has 1 rings (SSSR count). The summed E-state index contributed by atoms with van der Waals surface area (Å²) in [4.78, 5) is 1.47. The highest BCUT2D eigenvalue weighted by Crippen LogP contribution is 2.36. The van der Waals surface area contributed by atoms with E-state index in [-0.39, 0.29) is 13.0 Å². The topological polar surface area (TPSA) is 23.5 Å². The van der Waals surface area contributed by atoms with Crippen molar-refractivity contribution in [3.05, 3.63) is 0 Å². The first-order valence-electron chi connectivity index (χ1n) is 3.33. The normalized spacial score (nSPS) is 34.6. The number of likely N-dealkylation sites (tertiary alicyclic amines) is 1. The van der Waals surface area contributed by atoms with E-state index in [1.807, 2.05) is 0 Å². The monoisotopic (exact) mass is 169 g/mol. The lowest BCUT2D eigenvalue weighted by atomic mass is 10.0. The number of aliphatic hydroxyl groups is 1. The molecule has 0 saturated carbocycles. The van der Waals surface area contributed by atoms with Crippen molar-refractivity contribution in [1.82, 2.24) is 4.90 Å². The van der Waals surface area contributed by atoms with Gasteiger partial charge in [0, 0.05) is 13.1 Å². The highest BCUT2D eigenvalue weighted by molar-refractivity contribution is 4.94. The number of halogens is 3. The highest BCUT2D eigenvalue weighted by atomic mass is 19.4. The first-order valence-corrected chi connectivity index (χ1v) is 3.33. The van der Waals surface area contributed by atoms with Crippen molar-refractivity contribution in [2.24, 2.45) is 0 Å². The van der Waals surface area contributed by atoms with Gasteiger partial charge in [-0.3, -0.25) is 0 Å². The number of rotatable bonds is 0. The fourth-order valence-corrected chi connectivity index (χ4v) is 1.21. The molecule has 0 unspecified atom stereocenters. The van der Waals surface area contributed by atoms with Crippen LogP contribution in [-0.2, 0) is 0 Å². The zero-order chi connectivity index (χ0) is 8.70. The first kappa shape index (κ1) is 8.80. The molecular weight excluding hydrogens is 159 g/mol. The molecule has 2 nitrogen and oxygen atoms in total. The molecule has 1 N–H and O–H groups in total. The molecule has 0 bridgehead atoms. The maximum Gasteiger partial charge on any atom is 0.418 e. The molecule has 0 amide bonds. The number of likely N-dealkylation sites (N-methyl/N-ethyl adjacent to an activating group) is 1. The van der Waals surface area contributed by atoms with Crippen LogP contribution in [0.25, 0.3) is 0 Å². The molecular formula is C6H10F3NO. The molecule has 0 aromatic heterocycles. The second-order valence-electron chi connectivity index (χ2n) is 3.02. The number of alkyl halides is 3. The van der Waals surface area contributed by atoms with Crippen LogP contribution in [0.3, 0.4) is 0 Å². The summed E-state index contributed by atoms with van der Waals surface area (Å²) in [7, 11) is 1.56. The summed E-state index contributed by atoms with van der Waals surface area (Å²) < 4.78 is 36.1. The highest BCUT2D eigenvalue weighted by Gasteiger charge is 2.56. The Morgan fingerprint density at radius 1 is 1.45 bits per heavy atom. The maximum atomic E-state index is 12.0. The third-order valence-electron chi connectivity index (χ3n) is 1.97. The van der Waals surface area contributed by atoms with Gasteiger partial charge in [0.1, 0.15) is 0 Å². The Morgan fingerprint density at radius 2 is 2.00 bits per heavy atom. The molecule has 1 heterocycles. The van der Waals surface area contributed by atoms with Gasteiger partial charge in [-0.1, -0.05) is 0 Å². The lowest BCUT2D eigenvalue weighted by molar-refractivity contribution is -0.253. The average molecular weight is 169 g/mol. The summed E-state index contributed by atoms with van der Waals surface area (Å²) in [5.74, 6) is 0. The van der Waals surface area contributed by atoms with Crippen LogP contribution >= 0.6 is 0 Å². The Kier molecular flexibility index (Phi) is 1.88. The molecule has 0 aromatic carbocycles. The Balaban J connectivity index is 2.69. The summed E-state index contributed by atoms with van der Waals surface area (Å²) >= 11 is 0. The Labute approximate surface area is 62.6 Å².